The number of aromatic nitrogens is 2. The van der Waals surface area contributed by atoms with Crippen LogP contribution >= 0.6 is 11.6 Å². The molecule has 0 aliphatic heterocycles. The summed E-state index contributed by atoms with van der Waals surface area (Å²) in [5, 5.41) is 10.8. The highest BCUT2D eigenvalue weighted by molar-refractivity contribution is 6.33. The van der Waals surface area contributed by atoms with E-state index in [-0.39, 0.29) is 0 Å². The molecule has 0 fully saturated rings. The molecule has 0 saturated heterocycles. The highest BCUT2D eigenvalue weighted by atomic mass is 35.5. The van der Waals surface area contributed by atoms with Crippen molar-refractivity contribution in [3.05, 3.63) is 35.5 Å². The van der Waals surface area contributed by atoms with E-state index in [0.29, 0.717) is 18.1 Å². The molecule has 0 aliphatic rings. The molecule has 1 aromatic heterocycles. The lowest BCUT2D eigenvalue weighted by Crippen LogP contribution is -2.13. The molecule has 16 heavy (non-hydrogen) atoms. The molecular weight excluding hydrogens is 224 g/mol. The zero-order valence-electron chi connectivity index (χ0n) is 8.70. The van der Waals surface area contributed by atoms with Gasteiger partial charge in [0.15, 0.2) is 0 Å². The van der Waals surface area contributed by atoms with Gasteiger partial charge in [-0.15, -0.1) is 0 Å². The Morgan fingerprint density at radius 2 is 2.19 bits per heavy atom. The van der Waals surface area contributed by atoms with Gasteiger partial charge in [0, 0.05) is 18.7 Å². The summed E-state index contributed by atoms with van der Waals surface area (Å²) in [6, 6.07) is 7.64. The minimum atomic E-state index is 0.577. The first-order valence-corrected chi connectivity index (χ1v) is 5.43. The smallest absolute Gasteiger partial charge is 0.0897 e. The van der Waals surface area contributed by atoms with E-state index < -0.39 is 0 Å². The first kappa shape index (κ1) is 11.0. The van der Waals surface area contributed by atoms with Crippen LogP contribution < -0.4 is 11.1 Å². The van der Waals surface area contributed by atoms with Crippen LogP contribution in [0.2, 0.25) is 5.02 Å². The Labute approximate surface area is 98.8 Å². The van der Waals surface area contributed by atoms with Gasteiger partial charge in [0.2, 0.25) is 0 Å². The third kappa shape index (κ3) is 2.18. The molecule has 5 heteroatoms. The van der Waals surface area contributed by atoms with Crippen molar-refractivity contribution in [2.75, 3.05) is 18.4 Å². The molecule has 2 rings (SSSR count). The standard InChI is InChI=1S/C11H13ClN4/c12-9-4-2-1-3-8(9)11-10(7-15-16-11)14-6-5-13/h1-4,7,14H,5-6,13H2,(H,15,16). The average Bonchev–Trinajstić information content (AvgIpc) is 2.75. The number of hydrogen-bond acceptors (Lipinski definition) is 3. The summed E-state index contributed by atoms with van der Waals surface area (Å²) < 4.78 is 0. The fourth-order valence-electron chi connectivity index (χ4n) is 1.50. The van der Waals surface area contributed by atoms with E-state index in [9.17, 15) is 0 Å². The molecule has 0 unspecified atom stereocenters. The van der Waals surface area contributed by atoms with Gasteiger partial charge in [-0.25, -0.2) is 0 Å². The van der Waals surface area contributed by atoms with Crippen molar-refractivity contribution in [1.29, 1.82) is 0 Å². The molecule has 1 heterocycles. The van der Waals surface area contributed by atoms with Gasteiger partial charge < -0.3 is 11.1 Å². The van der Waals surface area contributed by atoms with Crippen LogP contribution in [0, 0.1) is 0 Å². The number of nitrogens with two attached hydrogens (primary N) is 1. The van der Waals surface area contributed by atoms with E-state index in [0.717, 1.165) is 16.9 Å². The molecule has 4 nitrogen and oxygen atoms in total. The quantitative estimate of drug-likeness (QED) is 0.762. The Kier molecular flexibility index (Phi) is 3.44. The maximum atomic E-state index is 6.12. The molecule has 84 valence electrons. The summed E-state index contributed by atoms with van der Waals surface area (Å²) in [5.74, 6) is 0. The van der Waals surface area contributed by atoms with Crippen LogP contribution in [-0.2, 0) is 0 Å². The normalized spacial score (nSPS) is 10.4. The van der Waals surface area contributed by atoms with Gasteiger partial charge >= 0.3 is 0 Å². The molecule has 0 radical (unpaired) electrons. The maximum absolute atomic E-state index is 6.12. The summed E-state index contributed by atoms with van der Waals surface area (Å²) in [4.78, 5) is 0. The van der Waals surface area contributed by atoms with Gasteiger partial charge in [-0.3, -0.25) is 5.10 Å². The van der Waals surface area contributed by atoms with E-state index in [4.69, 9.17) is 17.3 Å². The van der Waals surface area contributed by atoms with Gasteiger partial charge in [-0.1, -0.05) is 29.8 Å². The van der Waals surface area contributed by atoms with Crippen molar-refractivity contribution in [1.82, 2.24) is 10.2 Å². The van der Waals surface area contributed by atoms with Crippen LogP contribution in [0.15, 0.2) is 30.5 Å². The van der Waals surface area contributed by atoms with Crippen LogP contribution in [0.4, 0.5) is 5.69 Å². The van der Waals surface area contributed by atoms with Gasteiger partial charge in [-0.05, 0) is 6.07 Å². The monoisotopic (exact) mass is 236 g/mol. The predicted molar refractivity (Wildman–Crippen MR) is 66.6 cm³/mol. The molecule has 0 saturated carbocycles. The highest BCUT2D eigenvalue weighted by Crippen LogP contribution is 2.30. The molecule has 0 spiro atoms. The lowest BCUT2D eigenvalue weighted by Gasteiger charge is -2.06. The zero-order chi connectivity index (χ0) is 11.4. The number of rotatable bonds is 4. The van der Waals surface area contributed by atoms with Gasteiger partial charge in [0.1, 0.15) is 0 Å². The number of aromatic amines is 1. The SMILES string of the molecule is NCCNc1cn[nH]c1-c1ccccc1Cl. The van der Waals surface area contributed by atoms with E-state index >= 15 is 0 Å². The van der Waals surface area contributed by atoms with E-state index in [1.54, 1.807) is 6.20 Å². The number of H-pyrrole nitrogens is 1. The van der Waals surface area contributed by atoms with Crippen molar-refractivity contribution < 1.29 is 0 Å². The lowest BCUT2D eigenvalue weighted by molar-refractivity contribution is 1.03. The van der Waals surface area contributed by atoms with E-state index in [1.165, 1.54) is 0 Å². The molecule has 2 aromatic rings. The number of benzene rings is 1. The fraction of sp³-hybridized carbons (Fsp3) is 0.182. The molecule has 0 bridgehead atoms. The van der Waals surface area contributed by atoms with Gasteiger partial charge in [0.05, 0.1) is 22.6 Å². The second kappa shape index (κ2) is 5.01. The third-order valence-electron chi connectivity index (χ3n) is 2.24. The topological polar surface area (TPSA) is 66.7 Å². The molecule has 0 amide bonds. The Hall–Kier alpha value is -1.52. The second-order valence-corrected chi connectivity index (χ2v) is 3.76. The Bertz CT molecular complexity index is 467. The summed E-state index contributed by atoms with van der Waals surface area (Å²) in [7, 11) is 0. The van der Waals surface area contributed by atoms with Crippen molar-refractivity contribution in [3.8, 4) is 11.3 Å². The zero-order valence-corrected chi connectivity index (χ0v) is 9.46. The predicted octanol–water partition coefficient (Wildman–Crippen LogP) is 2.10. The van der Waals surface area contributed by atoms with Crippen molar-refractivity contribution in [2.45, 2.75) is 0 Å². The van der Waals surface area contributed by atoms with Gasteiger partial charge in [0.25, 0.3) is 0 Å². The van der Waals surface area contributed by atoms with Crippen LogP contribution in [0.3, 0.4) is 0 Å². The van der Waals surface area contributed by atoms with Crippen LogP contribution in [-0.4, -0.2) is 23.3 Å². The lowest BCUT2D eigenvalue weighted by atomic mass is 10.1. The number of nitrogens with zero attached hydrogens (tertiary/aromatic N) is 1. The number of nitrogens with one attached hydrogen (secondary N) is 2. The first-order valence-electron chi connectivity index (χ1n) is 5.05. The summed E-state index contributed by atoms with van der Waals surface area (Å²) >= 11 is 6.12. The van der Waals surface area contributed by atoms with Crippen molar-refractivity contribution >= 4 is 17.3 Å². The first-order chi connectivity index (χ1) is 7.83. The summed E-state index contributed by atoms with van der Waals surface area (Å²) in [6.45, 7) is 1.28. The number of anilines is 1. The summed E-state index contributed by atoms with van der Waals surface area (Å²) in [6.07, 6.45) is 1.73. The van der Waals surface area contributed by atoms with Crippen LogP contribution in [0.1, 0.15) is 0 Å². The molecule has 0 atom stereocenters. The van der Waals surface area contributed by atoms with E-state index in [1.807, 2.05) is 24.3 Å². The fourth-order valence-corrected chi connectivity index (χ4v) is 1.73. The molecule has 1 aromatic carbocycles. The van der Waals surface area contributed by atoms with Crippen molar-refractivity contribution in [2.24, 2.45) is 5.73 Å². The third-order valence-corrected chi connectivity index (χ3v) is 2.57. The number of hydrogen-bond donors (Lipinski definition) is 3. The largest absolute Gasteiger partial charge is 0.381 e. The van der Waals surface area contributed by atoms with Crippen molar-refractivity contribution in [3.63, 3.8) is 0 Å². The van der Waals surface area contributed by atoms with Crippen LogP contribution in [0.25, 0.3) is 11.3 Å². The summed E-state index contributed by atoms with van der Waals surface area (Å²) in [5.41, 5.74) is 8.18. The Morgan fingerprint density at radius 3 is 2.94 bits per heavy atom. The minimum absolute atomic E-state index is 0.577. The molecule has 0 aliphatic carbocycles. The average molecular weight is 237 g/mol. The second-order valence-electron chi connectivity index (χ2n) is 3.35. The maximum Gasteiger partial charge on any atom is 0.0897 e. The highest BCUT2D eigenvalue weighted by Gasteiger charge is 2.09. The molecular formula is C11H13ClN4. The molecule has 4 N–H and O–H groups in total. The Morgan fingerprint density at radius 1 is 1.38 bits per heavy atom. The minimum Gasteiger partial charge on any atom is -0.381 e. The Balaban J connectivity index is 2.33. The van der Waals surface area contributed by atoms with E-state index in [2.05, 4.69) is 15.5 Å². The van der Waals surface area contributed by atoms with Gasteiger partial charge in [-0.2, -0.15) is 5.10 Å². The van der Waals surface area contributed by atoms with Crippen LogP contribution in [0.5, 0.6) is 0 Å². The number of halogens is 1.